The van der Waals surface area contributed by atoms with E-state index in [9.17, 15) is 4.79 Å². The molecule has 1 unspecified atom stereocenters. The summed E-state index contributed by atoms with van der Waals surface area (Å²) in [7, 11) is 1.78. The van der Waals surface area contributed by atoms with Gasteiger partial charge in [-0.15, -0.1) is 24.0 Å². The van der Waals surface area contributed by atoms with Gasteiger partial charge in [-0.3, -0.25) is 4.99 Å². The summed E-state index contributed by atoms with van der Waals surface area (Å²) in [5.41, 5.74) is 1.72. The average molecular weight is 540 g/mol. The van der Waals surface area contributed by atoms with Crippen molar-refractivity contribution in [3.63, 3.8) is 0 Å². The number of rotatable bonds is 5. The maximum Gasteiger partial charge on any atom is 0.407 e. The molecule has 0 saturated carbocycles. The number of carbonyl (C=O) groups is 1. The second-order valence-electron chi connectivity index (χ2n) is 8.43. The third-order valence-corrected chi connectivity index (χ3v) is 4.77. The summed E-state index contributed by atoms with van der Waals surface area (Å²) in [5.74, 6) is 0.846. The molecule has 0 bridgehead atoms. The van der Waals surface area contributed by atoms with Crippen LogP contribution in [0.2, 0.25) is 0 Å². The van der Waals surface area contributed by atoms with Crippen molar-refractivity contribution in [2.24, 2.45) is 4.99 Å². The molecular weight excluding hydrogens is 507 g/mol. The van der Waals surface area contributed by atoms with Crippen molar-refractivity contribution in [2.45, 2.75) is 45.3 Å². The fourth-order valence-electron chi connectivity index (χ4n) is 3.41. The highest BCUT2D eigenvalue weighted by Gasteiger charge is 2.27. The van der Waals surface area contributed by atoms with Crippen molar-refractivity contribution >= 4 is 36.0 Å². The molecule has 1 amide bonds. The summed E-state index contributed by atoms with van der Waals surface area (Å²) in [6.45, 7) is 7.90. The number of aromatic nitrogens is 2. The van der Waals surface area contributed by atoms with E-state index in [1.807, 2.05) is 62.0 Å². The molecule has 1 aliphatic rings. The molecule has 1 saturated heterocycles. The number of alkyl carbamates (subject to hydrolysis) is 1. The number of hydrogen-bond donors (Lipinski definition) is 2. The predicted octanol–water partition coefficient (Wildman–Crippen LogP) is 3.21. The maximum absolute atomic E-state index is 12.0. The van der Waals surface area contributed by atoms with Crippen LogP contribution in [0, 0.1) is 0 Å². The summed E-state index contributed by atoms with van der Waals surface area (Å²) in [6, 6.07) is 10.1. The molecule has 0 spiro atoms. The Bertz CT molecular complexity index is 862. The largest absolute Gasteiger partial charge is 0.444 e. The van der Waals surface area contributed by atoms with Crippen LogP contribution in [-0.4, -0.2) is 65.1 Å². The molecule has 1 fully saturated rings. The molecule has 2 N–H and O–H groups in total. The molecule has 8 nitrogen and oxygen atoms in total. The molecule has 2 aromatic rings. The number of nitrogens with zero attached hydrogens (tertiary/aromatic N) is 4. The number of halogens is 1. The zero-order valence-electron chi connectivity index (χ0n) is 18.7. The van der Waals surface area contributed by atoms with E-state index < -0.39 is 5.60 Å². The summed E-state index contributed by atoms with van der Waals surface area (Å²) in [5, 5.41) is 10.8. The van der Waals surface area contributed by atoms with Gasteiger partial charge in [0.1, 0.15) is 5.60 Å². The second kappa shape index (κ2) is 11.4. The highest BCUT2D eigenvalue weighted by molar-refractivity contribution is 14.0. The third kappa shape index (κ3) is 7.71. The number of carbonyl (C=O) groups excluding carboxylic acids is 1. The van der Waals surface area contributed by atoms with Gasteiger partial charge < -0.3 is 20.3 Å². The Morgan fingerprint density at radius 3 is 2.71 bits per heavy atom. The molecule has 170 valence electrons. The summed E-state index contributed by atoms with van der Waals surface area (Å²) >= 11 is 0. The van der Waals surface area contributed by atoms with Crippen LogP contribution >= 0.6 is 24.0 Å². The number of ether oxygens (including phenoxy) is 1. The van der Waals surface area contributed by atoms with Gasteiger partial charge in [0.15, 0.2) is 5.96 Å². The topological polar surface area (TPSA) is 83.8 Å². The molecule has 0 radical (unpaired) electrons. The van der Waals surface area contributed by atoms with Gasteiger partial charge in [-0.25, -0.2) is 9.48 Å². The normalized spacial score (nSPS) is 16.6. The zero-order valence-corrected chi connectivity index (χ0v) is 21.0. The first-order valence-electron chi connectivity index (χ1n) is 10.4. The van der Waals surface area contributed by atoms with Crippen LogP contribution < -0.4 is 10.6 Å². The number of guanidine groups is 1. The number of likely N-dealkylation sites (tertiary alicyclic amines) is 1. The summed E-state index contributed by atoms with van der Waals surface area (Å²) in [6.07, 6.45) is 5.29. The lowest BCUT2D eigenvalue weighted by Crippen LogP contribution is -2.44. The quantitative estimate of drug-likeness (QED) is 0.346. The lowest BCUT2D eigenvalue weighted by molar-refractivity contribution is 0.0507. The Morgan fingerprint density at radius 1 is 1.29 bits per heavy atom. The van der Waals surface area contributed by atoms with Crippen LogP contribution in [0.3, 0.4) is 0 Å². The van der Waals surface area contributed by atoms with Crippen molar-refractivity contribution < 1.29 is 9.53 Å². The van der Waals surface area contributed by atoms with E-state index in [1.165, 1.54) is 0 Å². The molecule has 3 rings (SSSR count). The Hall–Kier alpha value is -2.30. The Morgan fingerprint density at radius 2 is 2.03 bits per heavy atom. The second-order valence-corrected chi connectivity index (χ2v) is 8.43. The molecule has 9 heteroatoms. The van der Waals surface area contributed by atoms with Gasteiger partial charge in [-0.1, -0.05) is 18.2 Å². The van der Waals surface area contributed by atoms with E-state index >= 15 is 0 Å². The molecule has 1 aromatic carbocycles. The smallest absolute Gasteiger partial charge is 0.407 e. The standard InChI is InChI=1S/C22H32N6O2.HI/c1-22(2,3)30-21(29)26-18-11-13-27(16-18)20(23-4)24-12-10-17-14-25-28(15-17)19-8-6-5-7-9-19;/h5-9,14-15,18H,10-13,16H2,1-4H3,(H,23,24)(H,26,29);1H. The van der Waals surface area contributed by atoms with Gasteiger partial charge in [0, 0.05) is 32.9 Å². The van der Waals surface area contributed by atoms with Gasteiger partial charge in [0.2, 0.25) is 0 Å². The molecule has 1 aliphatic heterocycles. The summed E-state index contributed by atoms with van der Waals surface area (Å²) < 4.78 is 7.23. The monoisotopic (exact) mass is 540 g/mol. The van der Waals surface area contributed by atoms with E-state index in [1.54, 1.807) is 7.05 Å². The van der Waals surface area contributed by atoms with Crippen LogP contribution in [0.5, 0.6) is 0 Å². The van der Waals surface area contributed by atoms with Gasteiger partial charge >= 0.3 is 6.09 Å². The molecule has 31 heavy (non-hydrogen) atoms. The first kappa shape index (κ1) is 25.0. The van der Waals surface area contributed by atoms with Gasteiger partial charge in [-0.2, -0.15) is 5.10 Å². The predicted molar refractivity (Wildman–Crippen MR) is 133 cm³/mol. The first-order valence-corrected chi connectivity index (χ1v) is 10.4. The molecule has 2 heterocycles. The van der Waals surface area contributed by atoms with Crippen LogP contribution in [-0.2, 0) is 11.2 Å². The molecular formula is C22H33IN6O2. The van der Waals surface area contributed by atoms with E-state index in [4.69, 9.17) is 4.74 Å². The third-order valence-electron chi connectivity index (χ3n) is 4.77. The van der Waals surface area contributed by atoms with Crippen molar-refractivity contribution in [2.75, 3.05) is 26.7 Å². The van der Waals surface area contributed by atoms with Crippen molar-refractivity contribution in [1.82, 2.24) is 25.3 Å². The minimum absolute atomic E-state index is 0. The van der Waals surface area contributed by atoms with Gasteiger partial charge in [0.05, 0.1) is 17.9 Å². The lowest BCUT2D eigenvalue weighted by Gasteiger charge is -2.23. The van der Waals surface area contributed by atoms with Crippen LogP contribution in [0.4, 0.5) is 4.79 Å². The number of para-hydroxylation sites is 1. The highest BCUT2D eigenvalue weighted by atomic mass is 127. The molecule has 1 aromatic heterocycles. The van der Waals surface area contributed by atoms with Crippen LogP contribution in [0.15, 0.2) is 47.7 Å². The van der Waals surface area contributed by atoms with E-state index in [0.717, 1.165) is 43.1 Å². The SMILES string of the molecule is CN=C(NCCc1cnn(-c2ccccc2)c1)N1CCC(NC(=O)OC(C)(C)C)C1.I. The number of amides is 1. The molecule has 1 atom stereocenters. The Balaban J connectivity index is 0.00000341. The average Bonchev–Trinajstić information content (AvgIpc) is 3.34. The van der Waals surface area contributed by atoms with Crippen molar-refractivity contribution in [1.29, 1.82) is 0 Å². The fourth-order valence-corrected chi connectivity index (χ4v) is 3.41. The van der Waals surface area contributed by atoms with Crippen LogP contribution in [0.25, 0.3) is 5.69 Å². The van der Waals surface area contributed by atoms with E-state index in [0.29, 0.717) is 6.54 Å². The fraction of sp³-hybridized carbons (Fsp3) is 0.500. The van der Waals surface area contributed by atoms with Gasteiger partial charge in [0.25, 0.3) is 0 Å². The minimum atomic E-state index is -0.492. The number of hydrogen-bond acceptors (Lipinski definition) is 4. The summed E-state index contributed by atoms with van der Waals surface area (Å²) in [4.78, 5) is 18.5. The van der Waals surface area contributed by atoms with Crippen LogP contribution in [0.1, 0.15) is 32.8 Å². The first-order chi connectivity index (χ1) is 14.3. The Labute approximate surface area is 201 Å². The zero-order chi connectivity index (χ0) is 21.6. The number of benzene rings is 1. The van der Waals surface area contributed by atoms with E-state index in [2.05, 4.69) is 31.8 Å². The number of aliphatic imine (C=N–C) groups is 1. The van der Waals surface area contributed by atoms with Crippen molar-refractivity contribution in [3.8, 4) is 5.69 Å². The number of nitrogens with one attached hydrogen (secondary N) is 2. The minimum Gasteiger partial charge on any atom is -0.444 e. The lowest BCUT2D eigenvalue weighted by atomic mass is 10.2. The van der Waals surface area contributed by atoms with E-state index in [-0.39, 0.29) is 36.1 Å². The van der Waals surface area contributed by atoms with Crippen molar-refractivity contribution in [3.05, 3.63) is 48.3 Å². The highest BCUT2D eigenvalue weighted by Crippen LogP contribution is 2.12. The Kier molecular flexibility index (Phi) is 9.15. The van der Waals surface area contributed by atoms with Gasteiger partial charge in [-0.05, 0) is 51.3 Å². The molecule has 0 aliphatic carbocycles. The maximum atomic E-state index is 12.0.